The van der Waals surface area contributed by atoms with Crippen LogP contribution in [0.5, 0.6) is 11.5 Å². The second-order valence-electron chi connectivity index (χ2n) is 7.00. The van der Waals surface area contributed by atoms with Crippen molar-refractivity contribution >= 4 is 28.5 Å². The highest BCUT2D eigenvalue weighted by Gasteiger charge is 2.22. The van der Waals surface area contributed by atoms with Gasteiger partial charge in [-0.1, -0.05) is 11.6 Å². The number of benzene rings is 2. The van der Waals surface area contributed by atoms with E-state index >= 15 is 0 Å². The average Bonchev–Trinajstić information content (AvgIpc) is 3.20. The molecule has 9 nitrogen and oxygen atoms in total. The van der Waals surface area contributed by atoms with Crippen LogP contribution < -0.4 is 20.3 Å². The molecule has 0 aliphatic carbocycles. The zero-order valence-electron chi connectivity index (χ0n) is 17.6. The van der Waals surface area contributed by atoms with Crippen LogP contribution in [0.25, 0.3) is 16.7 Å². The quantitative estimate of drug-likeness (QED) is 0.482. The number of halogens is 1. The number of carbonyl (C=O) groups excluding carboxylic acids is 1. The Morgan fingerprint density at radius 2 is 1.75 bits per heavy atom. The molecular formula is C22H20ClN5O4. The SMILES string of the molecule is COc1cc(CNC(=O)c2nn(-c3ccc(Cl)cc3)c3c(=O)n(C)cnc23)cc(OC)c1. The van der Waals surface area contributed by atoms with Crippen LogP contribution in [0.2, 0.25) is 5.02 Å². The van der Waals surface area contributed by atoms with Crippen LogP contribution in [0.3, 0.4) is 0 Å². The molecule has 0 radical (unpaired) electrons. The largest absolute Gasteiger partial charge is 0.497 e. The number of rotatable bonds is 6. The number of aromatic nitrogens is 4. The van der Waals surface area contributed by atoms with Gasteiger partial charge in [0, 0.05) is 24.7 Å². The molecular weight excluding hydrogens is 434 g/mol. The van der Waals surface area contributed by atoms with Gasteiger partial charge in [-0.05, 0) is 42.0 Å². The van der Waals surface area contributed by atoms with Crippen molar-refractivity contribution < 1.29 is 14.3 Å². The molecule has 1 amide bonds. The first kappa shape index (κ1) is 21.4. The zero-order chi connectivity index (χ0) is 22.8. The standard InChI is InChI=1S/C22H20ClN5O4/c1-27-12-25-18-19(21(29)24-11-13-8-16(31-2)10-17(9-13)32-3)26-28(20(18)22(27)30)15-6-4-14(23)5-7-15/h4-10,12H,11H2,1-3H3,(H,24,29). The predicted octanol–water partition coefficient (Wildman–Crippen LogP) is 2.72. The second kappa shape index (κ2) is 8.72. The van der Waals surface area contributed by atoms with Gasteiger partial charge in [0.05, 0.1) is 26.2 Å². The molecule has 0 bridgehead atoms. The summed E-state index contributed by atoms with van der Waals surface area (Å²) >= 11 is 5.98. The summed E-state index contributed by atoms with van der Waals surface area (Å²) in [7, 11) is 4.70. The fourth-order valence-corrected chi connectivity index (χ4v) is 3.37. The van der Waals surface area contributed by atoms with Crippen LogP contribution in [-0.4, -0.2) is 39.5 Å². The van der Waals surface area contributed by atoms with Crippen LogP contribution in [0.4, 0.5) is 0 Å². The van der Waals surface area contributed by atoms with Crippen molar-refractivity contribution in [3.05, 3.63) is 75.4 Å². The Morgan fingerprint density at radius 3 is 2.38 bits per heavy atom. The van der Waals surface area contributed by atoms with Gasteiger partial charge in [-0.15, -0.1) is 0 Å². The van der Waals surface area contributed by atoms with Crippen molar-refractivity contribution in [2.45, 2.75) is 6.54 Å². The van der Waals surface area contributed by atoms with Crippen molar-refractivity contribution in [2.24, 2.45) is 7.05 Å². The molecule has 0 saturated carbocycles. The number of nitrogens with one attached hydrogen (secondary N) is 1. The normalized spacial score (nSPS) is 10.9. The summed E-state index contributed by atoms with van der Waals surface area (Å²) in [6.45, 7) is 0.201. The number of hydrogen-bond acceptors (Lipinski definition) is 6. The Bertz CT molecular complexity index is 1340. The molecule has 164 valence electrons. The van der Waals surface area contributed by atoms with E-state index in [1.807, 2.05) is 0 Å². The summed E-state index contributed by atoms with van der Waals surface area (Å²) < 4.78 is 13.3. The maximum Gasteiger partial charge on any atom is 0.279 e. The number of carbonyl (C=O) groups is 1. The highest BCUT2D eigenvalue weighted by molar-refractivity contribution is 6.30. The average molecular weight is 454 g/mol. The zero-order valence-corrected chi connectivity index (χ0v) is 18.4. The lowest BCUT2D eigenvalue weighted by Gasteiger charge is -2.09. The van der Waals surface area contributed by atoms with E-state index in [1.165, 1.54) is 15.6 Å². The molecule has 0 saturated heterocycles. The molecule has 0 fully saturated rings. The molecule has 0 aliphatic rings. The van der Waals surface area contributed by atoms with Crippen molar-refractivity contribution in [3.8, 4) is 17.2 Å². The summed E-state index contributed by atoms with van der Waals surface area (Å²) in [5.74, 6) is 0.748. The van der Waals surface area contributed by atoms with E-state index in [0.717, 1.165) is 5.56 Å². The molecule has 2 aromatic carbocycles. The third-order valence-corrected chi connectivity index (χ3v) is 5.15. The number of nitrogens with zero attached hydrogens (tertiary/aromatic N) is 4. The van der Waals surface area contributed by atoms with Gasteiger partial charge < -0.3 is 19.4 Å². The van der Waals surface area contributed by atoms with Gasteiger partial charge in [-0.2, -0.15) is 5.10 Å². The van der Waals surface area contributed by atoms with Gasteiger partial charge in [0.2, 0.25) is 0 Å². The molecule has 0 aliphatic heterocycles. The smallest absolute Gasteiger partial charge is 0.279 e. The lowest BCUT2D eigenvalue weighted by Crippen LogP contribution is -2.24. The van der Waals surface area contributed by atoms with Gasteiger partial charge in [0.15, 0.2) is 11.2 Å². The van der Waals surface area contributed by atoms with Crippen LogP contribution in [-0.2, 0) is 13.6 Å². The van der Waals surface area contributed by atoms with E-state index in [1.54, 1.807) is 63.7 Å². The molecule has 4 rings (SSSR count). The lowest BCUT2D eigenvalue weighted by atomic mass is 10.2. The first-order chi connectivity index (χ1) is 15.4. The monoisotopic (exact) mass is 453 g/mol. The minimum absolute atomic E-state index is 0.0440. The van der Waals surface area contributed by atoms with E-state index in [4.69, 9.17) is 21.1 Å². The van der Waals surface area contributed by atoms with Crippen LogP contribution in [0, 0.1) is 0 Å². The van der Waals surface area contributed by atoms with E-state index in [0.29, 0.717) is 22.2 Å². The number of amides is 1. The molecule has 4 aromatic rings. The van der Waals surface area contributed by atoms with Gasteiger partial charge >= 0.3 is 0 Å². The van der Waals surface area contributed by atoms with Gasteiger partial charge in [-0.3, -0.25) is 9.59 Å². The number of aryl methyl sites for hydroxylation is 1. The minimum atomic E-state index is -0.467. The first-order valence-electron chi connectivity index (χ1n) is 9.61. The molecule has 0 unspecified atom stereocenters. The van der Waals surface area contributed by atoms with Gasteiger partial charge in [0.1, 0.15) is 17.0 Å². The Morgan fingerprint density at radius 1 is 1.09 bits per heavy atom. The Kier molecular flexibility index (Phi) is 5.83. The predicted molar refractivity (Wildman–Crippen MR) is 120 cm³/mol. The number of hydrogen-bond donors (Lipinski definition) is 1. The van der Waals surface area contributed by atoms with Crippen LogP contribution in [0.1, 0.15) is 16.1 Å². The second-order valence-corrected chi connectivity index (χ2v) is 7.43. The topological polar surface area (TPSA) is 100 Å². The Balaban J connectivity index is 1.71. The minimum Gasteiger partial charge on any atom is -0.497 e. The van der Waals surface area contributed by atoms with Crippen molar-refractivity contribution in [2.75, 3.05) is 14.2 Å². The number of methoxy groups -OCH3 is 2. The number of ether oxygens (including phenoxy) is 2. The molecule has 2 heterocycles. The lowest BCUT2D eigenvalue weighted by molar-refractivity contribution is 0.0947. The maximum absolute atomic E-state index is 13.0. The molecule has 0 atom stereocenters. The molecule has 1 N–H and O–H groups in total. The first-order valence-corrected chi connectivity index (χ1v) is 9.99. The van der Waals surface area contributed by atoms with Gasteiger partial charge in [-0.25, -0.2) is 9.67 Å². The summed E-state index contributed by atoms with van der Waals surface area (Å²) in [5, 5.41) is 7.77. The Hall–Kier alpha value is -3.85. The molecule has 2 aromatic heterocycles. The van der Waals surface area contributed by atoms with Crippen molar-refractivity contribution in [1.82, 2.24) is 24.6 Å². The van der Waals surface area contributed by atoms with E-state index < -0.39 is 5.91 Å². The van der Waals surface area contributed by atoms with Crippen molar-refractivity contribution in [1.29, 1.82) is 0 Å². The molecule has 0 spiro atoms. The molecule has 10 heteroatoms. The Labute approximate surface area is 188 Å². The fourth-order valence-electron chi connectivity index (χ4n) is 3.24. The van der Waals surface area contributed by atoms with E-state index in [-0.39, 0.29) is 28.8 Å². The summed E-state index contributed by atoms with van der Waals surface area (Å²) in [6, 6.07) is 12.1. The summed E-state index contributed by atoms with van der Waals surface area (Å²) in [5.41, 5.74) is 1.49. The van der Waals surface area contributed by atoms with E-state index in [2.05, 4.69) is 15.4 Å². The highest BCUT2D eigenvalue weighted by atomic mass is 35.5. The summed E-state index contributed by atoms with van der Waals surface area (Å²) in [4.78, 5) is 30.1. The van der Waals surface area contributed by atoms with Gasteiger partial charge in [0.25, 0.3) is 11.5 Å². The van der Waals surface area contributed by atoms with Crippen LogP contribution >= 0.6 is 11.6 Å². The van der Waals surface area contributed by atoms with Crippen LogP contribution in [0.15, 0.2) is 53.6 Å². The fraction of sp³-hybridized carbons (Fsp3) is 0.182. The van der Waals surface area contributed by atoms with Crippen molar-refractivity contribution in [3.63, 3.8) is 0 Å². The third kappa shape index (κ3) is 4.02. The molecule has 32 heavy (non-hydrogen) atoms. The summed E-state index contributed by atoms with van der Waals surface area (Å²) in [6.07, 6.45) is 1.36. The maximum atomic E-state index is 13.0. The third-order valence-electron chi connectivity index (χ3n) is 4.89. The highest BCUT2D eigenvalue weighted by Crippen LogP contribution is 2.23. The van der Waals surface area contributed by atoms with E-state index in [9.17, 15) is 9.59 Å². The number of fused-ring (bicyclic) bond motifs is 1.